The minimum absolute atomic E-state index is 0.451. The highest BCUT2D eigenvalue weighted by Gasteiger charge is 2.17. The number of para-hydroxylation sites is 4. The van der Waals surface area contributed by atoms with Crippen LogP contribution in [-0.4, -0.2) is 25.0 Å². The van der Waals surface area contributed by atoms with E-state index in [4.69, 9.17) is 9.47 Å². The van der Waals surface area contributed by atoms with Gasteiger partial charge in [-0.3, -0.25) is 9.59 Å². The van der Waals surface area contributed by atoms with Gasteiger partial charge in [-0.15, -0.1) is 0 Å². The van der Waals surface area contributed by atoms with Gasteiger partial charge in [0, 0.05) is 0 Å². The van der Waals surface area contributed by atoms with Gasteiger partial charge in [0.25, 0.3) is 0 Å². The maximum Gasteiger partial charge on any atom is 0.314 e. The summed E-state index contributed by atoms with van der Waals surface area (Å²) in [4.78, 5) is 24.7. The van der Waals surface area contributed by atoms with E-state index < -0.39 is 11.8 Å². The zero-order valence-corrected chi connectivity index (χ0v) is 17.9. The van der Waals surface area contributed by atoms with Crippen molar-refractivity contribution >= 4 is 23.2 Å². The van der Waals surface area contributed by atoms with Gasteiger partial charge >= 0.3 is 11.8 Å². The number of carbonyl (C=O) groups excluding carboxylic acids is 2. The van der Waals surface area contributed by atoms with Crippen LogP contribution in [0.5, 0.6) is 11.5 Å². The number of unbranched alkanes of at least 4 members (excludes halogenated alkanes) is 5. The van der Waals surface area contributed by atoms with E-state index in [0.717, 1.165) is 12.8 Å². The third-order valence-corrected chi connectivity index (χ3v) is 4.53. The topological polar surface area (TPSA) is 76.7 Å². The summed E-state index contributed by atoms with van der Waals surface area (Å²) >= 11 is 0. The van der Waals surface area contributed by atoms with Crippen LogP contribution in [0.15, 0.2) is 48.5 Å². The summed E-state index contributed by atoms with van der Waals surface area (Å²) in [5.41, 5.74) is 0.925. The maximum atomic E-state index is 12.4. The second-order valence-electron chi connectivity index (χ2n) is 6.95. The van der Waals surface area contributed by atoms with Crippen molar-refractivity contribution in [3.63, 3.8) is 0 Å². The van der Waals surface area contributed by atoms with E-state index in [1.54, 1.807) is 42.5 Å². The molecule has 0 unspecified atom stereocenters. The lowest BCUT2D eigenvalue weighted by molar-refractivity contribution is -0.133. The Morgan fingerprint density at radius 1 is 0.700 bits per heavy atom. The Morgan fingerprint density at radius 3 is 1.77 bits per heavy atom. The van der Waals surface area contributed by atoms with Gasteiger partial charge in [0.15, 0.2) is 0 Å². The van der Waals surface area contributed by atoms with Crippen molar-refractivity contribution in [2.24, 2.45) is 0 Å². The van der Waals surface area contributed by atoms with Crippen molar-refractivity contribution in [2.45, 2.75) is 52.4 Å². The monoisotopic (exact) mass is 412 g/mol. The molecule has 2 rings (SSSR count). The second kappa shape index (κ2) is 13.2. The van der Waals surface area contributed by atoms with E-state index in [1.807, 2.05) is 13.0 Å². The molecule has 30 heavy (non-hydrogen) atoms. The fourth-order valence-corrected chi connectivity index (χ4v) is 2.97. The summed E-state index contributed by atoms with van der Waals surface area (Å²) in [6.07, 6.45) is 7.04. The molecule has 0 saturated heterocycles. The van der Waals surface area contributed by atoms with Crippen LogP contribution in [0.1, 0.15) is 52.4 Å². The molecule has 0 aliphatic carbocycles. The SMILES string of the molecule is CCCCCCCCOc1ccccc1NC(=O)C(=O)Nc1ccccc1OCC. The van der Waals surface area contributed by atoms with E-state index >= 15 is 0 Å². The average molecular weight is 413 g/mol. The summed E-state index contributed by atoms with van der Waals surface area (Å²) in [6.45, 7) is 5.09. The molecule has 0 heterocycles. The highest BCUT2D eigenvalue weighted by Crippen LogP contribution is 2.25. The molecule has 0 atom stereocenters. The van der Waals surface area contributed by atoms with Gasteiger partial charge in [0.05, 0.1) is 24.6 Å². The third kappa shape index (κ3) is 7.78. The van der Waals surface area contributed by atoms with Gasteiger partial charge < -0.3 is 20.1 Å². The van der Waals surface area contributed by atoms with Crippen LogP contribution >= 0.6 is 0 Å². The number of carbonyl (C=O) groups is 2. The largest absolute Gasteiger partial charge is 0.492 e. The first kappa shape index (κ1) is 23.3. The Bertz CT molecular complexity index is 807. The zero-order valence-electron chi connectivity index (χ0n) is 17.9. The molecule has 6 heteroatoms. The molecule has 0 radical (unpaired) electrons. The third-order valence-electron chi connectivity index (χ3n) is 4.53. The van der Waals surface area contributed by atoms with E-state index in [9.17, 15) is 9.59 Å². The molecule has 2 N–H and O–H groups in total. The molecule has 0 spiro atoms. The van der Waals surface area contributed by atoms with Gasteiger partial charge in [-0.25, -0.2) is 0 Å². The highest BCUT2D eigenvalue weighted by molar-refractivity contribution is 6.43. The van der Waals surface area contributed by atoms with Crippen molar-refractivity contribution in [3.8, 4) is 11.5 Å². The molecule has 2 aromatic carbocycles. The molecule has 0 aromatic heterocycles. The van der Waals surface area contributed by atoms with Crippen molar-refractivity contribution in [1.82, 2.24) is 0 Å². The quantitative estimate of drug-likeness (QED) is 0.361. The first-order valence-corrected chi connectivity index (χ1v) is 10.7. The summed E-state index contributed by atoms with van der Waals surface area (Å²) in [5.74, 6) is -0.462. The Labute approximate surface area is 179 Å². The van der Waals surface area contributed by atoms with E-state index in [1.165, 1.54) is 25.7 Å². The number of hydrogen-bond acceptors (Lipinski definition) is 4. The number of ether oxygens (including phenoxy) is 2. The molecule has 2 aromatic rings. The van der Waals surface area contributed by atoms with Gasteiger partial charge in [0.1, 0.15) is 11.5 Å². The molecule has 0 aliphatic heterocycles. The lowest BCUT2D eigenvalue weighted by atomic mass is 10.1. The number of amides is 2. The molecule has 162 valence electrons. The van der Waals surface area contributed by atoms with Crippen LogP contribution in [0.3, 0.4) is 0 Å². The first-order valence-electron chi connectivity index (χ1n) is 10.7. The fourth-order valence-electron chi connectivity index (χ4n) is 2.97. The van der Waals surface area contributed by atoms with E-state index in [2.05, 4.69) is 17.6 Å². The molecular weight excluding hydrogens is 380 g/mol. The number of nitrogens with one attached hydrogen (secondary N) is 2. The van der Waals surface area contributed by atoms with Crippen LogP contribution in [0.4, 0.5) is 11.4 Å². The van der Waals surface area contributed by atoms with Crippen molar-refractivity contribution < 1.29 is 19.1 Å². The number of anilines is 2. The van der Waals surface area contributed by atoms with Crippen LogP contribution in [0.2, 0.25) is 0 Å². The minimum Gasteiger partial charge on any atom is -0.492 e. The smallest absolute Gasteiger partial charge is 0.314 e. The van der Waals surface area contributed by atoms with Gasteiger partial charge in [-0.05, 0) is 37.6 Å². The predicted molar refractivity (Wildman–Crippen MR) is 120 cm³/mol. The Balaban J connectivity index is 1.88. The molecule has 6 nitrogen and oxygen atoms in total. The highest BCUT2D eigenvalue weighted by atomic mass is 16.5. The van der Waals surface area contributed by atoms with Gasteiger partial charge in [-0.2, -0.15) is 0 Å². The molecular formula is C24H32N2O4. The van der Waals surface area contributed by atoms with Crippen molar-refractivity contribution in [1.29, 1.82) is 0 Å². The normalized spacial score (nSPS) is 10.3. The molecule has 0 saturated carbocycles. The summed E-state index contributed by atoms with van der Waals surface area (Å²) in [5, 5.41) is 5.23. The standard InChI is InChI=1S/C24H32N2O4/c1-3-5-6-7-8-13-18-30-22-17-12-10-15-20(22)26-24(28)23(27)25-19-14-9-11-16-21(19)29-4-2/h9-12,14-17H,3-8,13,18H2,1-2H3,(H,25,27)(H,26,28). The van der Waals surface area contributed by atoms with E-state index in [-0.39, 0.29) is 0 Å². The van der Waals surface area contributed by atoms with Crippen LogP contribution in [0.25, 0.3) is 0 Å². The molecule has 0 aliphatic rings. The lowest BCUT2D eigenvalue weighted by Gasteiger charge is -2.13. The first-order chi connectivity index (χ1) is 14.7. The zero-order chi connectivity index (χ0) is 21.6. The Kier molecular flexibility index (Phi) is 10.3. The van der Waals surface area contributed by atoms with Crippen LogP contribution < -0.4 is 20.1 Å². The molecule has 0 bridgehead atoms. The predicted octanol–water partition coefficient (Wildman–Crippen LogP) is 5.40. The number of benzene rings is 2. The minimum atomic E-state index is -0.770. The summed E-state index contributed by atoms with van der Waals surface area (Å²) in [7, 11) is 0. The van der Waals surface area contributed by atoms with Crippen molar-refractivity contribution in [2.75, 3.05) is 23.8 Å². The van der Waals surface area contributed by atoms with Gasteiger partial charge in [-0.1, -0.05) is 63.3 Å². The lowest BCUT2D eigenvalue weighted by Crippen LogP contribution is -2.29. The summed E-state index contributed by atoms with van der Waals surface area (Å²) in [6, 6.07) is 14.1. The fraction of sp³-hybridized carbons (Fsp3) is 0.417. The molecule has 2 amide bonds. The van der Waals surface area contributed by atoms with E-state index in [0.29, 0.717) is 36.1 Å². The number of hydrogen-bond donors (Lipinski definition) is 2. The Morgan fingerprint density at radius 2 is 1.20 bits per heavy atom. The summed E-state index contributed by atoms with van der Waals surface area (Å²) < 4.78 is 11.3. The van der Waals surface area contributed by atoms with Gasteiger partial charge in [0.2, 0.25) is 0 Å². The van der Waals surface area contributed by atoms with Crippen LogP contribution in [-0.2, 0) is 9.59 Å². The Hall–Kier alpha value is -3.02. The van der Waals surface area contributed by atoms with Crippen molar-refractivity contribution in [3.05, 3.63) is 48.5 Å². The number of rotatable bonds is 12. The van der Waals surface area contributed by atoms with Crippen LogP contribution in [0, 0.1) is 0 Å². The second-order valence-corrected chi connectivity index (χ2v) is 6.95. The maximum absolute atomic E-state index is 12.4. The molecule has 0 fully saturated rings. The average Bonchev–Trinajstić information content (AvgIpc) is 2.75.